The fourth-order valence-electron chi connectivity index (χ4n) is 3.15. The van der Waals surface area contributed by atoms with Crippen LogP contribution in [0.1, 0.15) is 36.0 Å². The Morgan fingerprint density at radius 3 is 2.48 bits per heavy atom. The van der Waals surface area contributed by atoms with Crippen molar-refractivity contribution in [3.8, 4) is 5.75 Å². The Bertz CT molecular complexity index is 1000. The summed E-state index contributed by atoms with van der Waals surface area (Å²) in [5, 5.41) is 0. The highest BCUT2D eigenvalue weighted by atomic mass is 32.2. The third-order valence-corrected chi connectivity index (χ3v) is 6.69. The van der Waals surface area contributed by atoms with Gasteiger partial charge in [0.05, 0.1) is 23.3 Å². The van der Waals surface area contributed by atoms with E-state index in [-0.39, 0.29) is 16.2 Å². The van der Waals surface area contributed by atoms with Gasteiger partial charge in [-0.2, -0.15) is 0 Å². The lowest BCUT2D eigenvalue weighted by Gasteiger charge is -2.21. The van der Waals surface area contributed by atoms with Crippen molar-refractivity contribution in [1.29, 1.82) is 0 Å². The topological polar surface area (TPSA) is 90.0 Å². The molecule has 0 radical (unpaired) electrons. The van der Waals surface area contributed by atoms with Crippen LogP contribution in [0.5, 0.6) is 5.75 Å². The summed E-state index contributed by atoms with van der Waals surface area (Å²) in [6.07, 6.45) is 1.78. The second kappa shape index (κ2) is 8.65. The van der Waals surface area contributed by atoms with Crippen molar-refractivity contribution in [3.05, 3.63) is 54.1 Å². The Balaban J connectivity index is 1.81. The number of anilines is 1. The smallest absolute Gasteiger partial charge is 0.338 e. The molecular weight excluding hydrogens is 394 g/mol. The molecular formula is C21H23NO6S. The molecule has 0 spiro atoms. The Kier molecular flexibility index (Phi) is 6.22. The van der Waals surface area contributed by atoms with Crippen LogP contribution in [-0.2, 0) is 19.6 Å². The molecule has 0 saturated heterocycles. The summed E-state index contributed by atoms with van der Waals surface area (Å²) in [6.45, 7) is 0. The molecule has 1 saturated carbocycles. The number of nitrogens with zero attached hydrogens (tertiary/aromatic N) is 1. The monoisotopic (exact) mass is 417 g/mol. The highest BCUT2D eigenvalue weighted by Crippen LogP contribution is 2.25. The van der Waals surface area contributed by atoms with Gasteiger partial charge in [-0.25, -0.2) is 13.2 Å². The predicted octanol–water partition coefficient (Wildman–Crippen LogP) is 3.19. The minimum absolute atomic E-state index is 0.0414. The molecule has 0 bridgehead atoms. The maximum absolute atomic E-state index is 13.0. The van der Waals surface area contributed by atoms with Gasteiger partial charge in [-0.15, -0.1) is 0 Å². The van der Waals surface area contributed by atoms with Gasteiger partial charge in [0.1, 0.15) is 5.75 Å². The van der Waals surface area contributed by atoms with Crippen LogP contribution in [0.25, 0.3) is 0 Å². The SMILES string of the molecule is COc1ccc(N(C)S(=O)(=O)c2cccc(C(=O)OC3CCCCC3=O)c2)cc1. The van der Waals surface area contributed by atoms with Gasteiger partial charge >= 0.3 is 5.97 Å². The maximum Gasteiger partial charge on any atom is 0.338 e. The standard InChI is InChI=1S/C21H23NO6S/c1-22(16-10-12-17(27-2)13-11-16)29(25,26)18-7-5-6-15(14-18)21(24)28-20-9-4-3-8-19(20)23/h5-7,10-14,20H,3-4,8-9H2,1-2H3. The highest BCUT2D eigenvalue weighted by Gasteiger charge is 2.27. The van der Waals surface area contributed by atoms with Crippen LogP contribution < -0.4 is 9.04 Å². The van der Waals surface area contributed by atoms with Gasteiger partial charge in [-0.05, 0) is 61.7 Å². The number of carbonyl (C=O) groups excluding carboxylic acids is 2. The van der Waals surface area contributed by atoms with Gasteiger partial charge in [-0.3, -0.25) is 9.10 Å². The third-order valence-electron chi connectivity index (χ3n) is 4.91. The van der Waals surface area contributed by atoms with Crippen molar-refractivity contribution >= 4 is 27.5 Å². The maximum atomic E-state index is 13.0. The first-order valence-electron chi connectivity index (χ1n) is 9.29. The molecule has 1 atom stereocenters. The number of carbonyl (C=O) groups is 2. The van der Waals surface area contributed by atoms with Crippen molar-refractivity contribution in [1.82, 2.24) is 0 Å². The van der Waals surface area contributed by atoms with Crippen molar-refractivity contribution in [3.63, 3.8) is 0 Å². The molecule has 0 N–H and O–H groups in total. The zero-order valence-electron chi connectivity index (χ0n) is 16.3. The molecule has 2 aromatic carbocycles. The van der Waals surface area contributed by atoms with E-state index >= 15 is 0 Å². The minimum Gasteiger partial charge on any atom is -0.497 e. The van der Waals surface area contributed by atoms with Crippen LogP contribution in [-0.4, -0.2) is 40.4 Å². The molecule has 1 aliphatic carbocycles. The fourth-order valence-corrected chi connectivity index (χ4v) is 4.39. The van der Waals surface area contributed by atoms with Gasteiger partial charge < -0.3 is 9.47 Å². The van der Waals surface area contributed by atoms with E-state index in [1.807, 2.05) is 0 Å². The number of sulfonamides is 1. The van der Waals surface area contributed by atoms with E-state index in [1.165, 1.54) is 38.4 Å². The van der Waals surface area contributed by atoms with Crippen LogP contribution in [0, 0.1) is 0 Å². The summed E-state index contributed by atoms with van der Waals surface area (Å²) in [5.41, 5.74) is 0.541. The molecule has 0 amide bonds. The van der Waals surface area contributed by atoms with Crippen molar-refractivity contribution in [2.75, 3.05) is 18.5 Å². The van der Waals surface area contributed by atoms with E-state index in [1.54, 1.807) is 24.3 Å². The van der Waals surface area contributed by atoms with Gasteiger partial charge in [0.15, 0.2) is 11.9 Å². The number of benzene rings is 2. The summed E-state index contributed by atoms with van der Waals surface area (Å²) in [4.78, 5) is 24.3. The third kappa shape index (κ3) is 4.59. The molecule has 1 unspecified atom stereocenters. The number of hydrogen-bond donors (Lipinski definition) is 0. The van der Waals surface area contributed by atoms with E-state index in [0.717, 1.165) is 17.1 Å². The van der Waals surface area contributed by atoms with Crippen LogP contribution in [0.2, 0.25) is 0 Å². The molecule has 0 heterocycles. The molecule has 0 aromatic heterocycles. The van der Waals surface area contributed by atoms with Gasteiger partial charge in [0, 0.05) is 13.5 Å². The Morgan fingerprint density at radius 2 is 1.83 bits per heavy atom. The van der Waals surface area contributed by atoms with Gasteiger partial charge in [0.25, 0.3) is 10.0 Å². The summed E-state index contributed by atoms with van der Waals surface area (Å²) in [5.74, 6) is -0.177. The fraction of sp³-hybridized carbons (Fsp3) is 0.333. The molecule has 154 valence electrons. The average Bonchev–Trinajstić information content (AvgIpc) is 2.75. The van der Waals surface area contributed by atoms with Gasteiger partial charge in [-0.1, -0.05) is 6.07 Å². The Morgan fingerprint density at radius 1 is 1.10 bits per heavy atom. The van der Waals surface area contributed by atoms with Crippen molar-refractivity contribution < 1.29 is 27.5 Å². The highest BCUT2D eigenvalue weighted by molar-refractivity contribution is 7.92. The molecule has 3 rings (SSSR count). The van der Waals surface area contributed by atoms with E-state index < -0.39 is 22.1 Å². The number of ether oxygens (including phenoxy) is 2. The second-order valence-corrected chi connectivity index (χ2v) is 8.77. The van der Waals surface area contributed by atoms with Crippen LogP contribution in [0.3, 0.4) is 0 Å². The van der Waals surface area contributed by atoms with Crippen LogP contribution >= 0.6 is 0 Å². The number of esters is 1. The van der Waals surface area contributed by atoms with E-state index in [4.69, 9.17) is 9.47 Å². The van der Waals surface area contributed by atoms with Gasteiger partial charge in [0.2, 0.25) is 0 Å². The summed E-state index contributed by atoms with van der Waals surface area (Å²) in [7, 11) is -0.932. The number of ketones is 1. The number of Topliss-reactive ketones (excluding diaryl/α,β-unsaturated/α-hetero) is 1. The normalized spacial score (nSPS) is 16.9. The van der Waals surface area contributed by atoms with E-state index in [2.05, 4.69) is 0 Å². The average molecular weight is 417 g/mol. The first kappa shape index (κ1) is 20.9. The van der Waals surface area contributed by atoms with E-state index in [9.17, 15) is 18.0 Å². The van der Waals surface area contributed by atoms with Crippen molar-refractivity contribution in [2.24, 2.45) is 0 Å². The summed E-state index contributed by atoms with van der Waals surface area (Å²) in [6, 6.07) is 12.2. The summed E-state index contributed by atoms with van der Waals surface area (Å²) < 4.78 is 37.5. The largest absolute Gasteiger partial charge is 0.497 e. The molecule has 7 nitrogen and oxygen atoms in total. The van der Waals surface area contributed by atoms with Crippen molar-refractivity contribution in [2.45, 2.75) is 36.7 Å². The lowest BCUT2D eigenvalue weighted by atomic mass is 9.96. The molecule has 2 aromatic rings. The first-order chi connectivity index (χ1) is 13.8. The predicted molar refractivity (Wildman–Crippen MR) is 108 cm³/mol. The molecule has 0 aliphatic heterocycles. The van der Waals surface area contributed by atoms with Crippen LogP contribution in [0.4, 0.5) is 5.69 Å². The molecule has 29 heavy (non-hydrogen) atoms. The molecule has 1 aliphatic rings. The quantitative estimate of drug-likeness (QED) is 0.671. The summed E-state index contributed by atoms with van der Waals surface area (Å²) >= 11 is 0. The zero-order valence-corrected chi connectivity index (χ0v) is 17.1. The lowest BCUT2D eigenvalue weighted by Crippen LogP contribution is -2.30. The minimum atomic E-state index is -3.89. The number of hydrogen-bond acceptors (Lipinski definition) is 6. The Hall–Kier alpha value is -2.87. The van der Waals surface area contributed by atoms with E-state index in [0.29, 0.717) is 24.3 Å². The second-order valence-electron chi connectivity index (χ2n) is 6.80. The molecule has 8 heteroatoms. The number of rotatable bonds is 6. The zero-order chi connectivity index (χ0) is 21.0. The first-order valence-corrected chi connectivity index (χ1v) is 10.7. The van der Waals surface area contributed by atoms with Crippen LogP contribution in [0.15, 0.2) is 53.4 Å². The molecule has 1 fully saturated rings. The number of methoxy groups -OCH3 is 1. The Labute approximate surface area is 170 Å². The lowest BCUT2D eigenvalue weighted by molar-refractivity contribution is -0.129.